The summed E-state index contributed by atoms with van der Waals surface area (Å²) in [7, 11) is 1.61. The molecule has 1 aromatic rings. The molecule has 0 saturated heterocycles. The van der Waals surface area contributed by atoms with E-state index < -0.39 is 6.10 Å². The molecule has 0 spiro atoms. The molecular formula is C13H20FNO3. The fourth-order valence-corrected chi connectivity index (χ4v) is 1.42. The first kappa shape index (κ1) is 14.9. The molecule has 0 bridgehead atoms. The average molecular weight is 257 g/mol. The largest absolute Gasteiger partial charge is 0.488 e. The highest BCUT2D eigenvalue weighted by molar-refractivity contribution is 5.30. The molecule has 0 aliphatic rings. The van der Waals surface area contributed by atoms with Crippen LogP contribution in [0, 0.1) is 12.7 Å². The van der Waals surface area contributed by atoms with Gasteiger partial charge in [0.25, 0.3) is 0 Å². The number of hydrogen-bond acceptors (Lipinski definition) is 4. The molecular weight excluding hydrogens is 237 g/mol. The van der Waals surface area contributed by atoms with Crippen LogP contribution in [0.2, 0.25) is 0 Å². The average Bonchev–Trinajstić information content (AvgIpc) is 2.36. The number of benzene rings is 1. The standard InChI is InChI=1S/C13H20FNO3/c1-10-4-3-5-12(13(10)14)18-9-11(16)8-15-6-7-17-2/h3-5,11,15-16H,6-9H2,1-2H3. The van der Waals surface area contributed by atoms with Gasteiger partial charge in [-0.15, -0.1) is 0 Å². The van der Waals surface area contributed by atoms with Crippen LogP contribution in [-0.4, -0.2) is 44.6 Å². The molecule has 0 aliphatic carbocycles. The molecule has 1 atom stereocenters. The fraction of sp³-hybridized carbons (Fsp3) is 0.538. The van der Waals surface area contributed by atoms with Crippen molar-refractivity contribution in [3.05, 3.63) is 29.6 Å². The van der Waals surface area contributed by atoms with Crippen molar-refractivity contribution in [2.24, 2.45) is 0 Å². The topological polar surface area (TPSA) is 50.7 Å². The number of halogens is 1. The number of aryl methyl sites for hydroxylation is 1. The first-order chi connectivity index (χ1) is 8.65. The summed E-state index contributed by atoms with van der Waals surface area (Å²) >= 11 is 0. The highest BCUT2D eigenvalue weighted by Gasteiger charge is 2.09. The van der Waals surface area contributed by atoms with Crippen molar-refractivity contribution in [1.82, 2.24) is 5.32 Å². The third-order valence-electron chi connectivity index (χ3n) is 2.45. The number of hydrogen-bond donors (Lipinski definition) is 2. The second kappa shape index (κ2) is 8.02. The molecule has 0 aromatic heterocycles. The van der Waals surface area contributed by atoms with Gasteiger partial charge < -0.3 is 19.9 Å². The number of ether oxygens (including phenoxy) is 2. The van der Waals surface area contributed by atoms with Crippen LogP contribution in [0.25, 0.3) is 0 Å². The van der Waals surface area contributed by atoms with Crippen LogP contribution in [0.5, 0.6) is 5.75 Å². The Morgan fingerprint density at radius 2 is 2.22 bits per heavy atom. The van der Waals surface area contributed by atoms with Crippen molar-refractivity contribution in [3.63, 3.8) is 0 Å². The predicted molar refractivity (Wildman–Crippen MR) is 67.4 cm³/mol. The number of nitrogens with one attached hydrogen (secondary N) is 1. The molecule has 1 aromatic carbocycles. The Morgan fingerprint density at radius 3 is 2.94 bits per heavy atom. The third-order valence-corrected chi connectivity index (χ3v) is 2.45. The van der Waals surface area contributed by atoms with Gasteiger partial charge in [-0.25, -0.2) is 4.39 Å². The summed E-state index contributed by atoms with van der Waals surface area (Å²) < 4.78 is 23.7. The number of rotatable bonds is 8. The molecule has 0 saturated carbocycles. The number of methoxy groups -OCH3 is 1. The lowest BCUT2D eigenvalue weighted by molar-refractivity contribution is 0.101. The maximum atomic E-state index is 13.6. The molecule has 5 heteroatoms. The van der Waals surface area contributed by atoms with E-state index in [0.29, 0.717) is 25.3 Å². The second-order valence-electron chi connectivity index (χ2n) is 4.05. The van der Waals surface area contributed by atoms with E-state index in [-0.39, 0.29) is 18.2 Å². The van der Waals surface area contributed by atoms with Crippen molar-refractivity contribution in [1.29, 1.82) is 0 Å². The summed E-state index contributed by atoms with van der Waals surface area (Å²) in [5.41, 5.74) is 0.528. The SMILES string of the molecule is COCCNCC(O)COc1cccc(C)c1F. The van der Waals surface area contributed by atoms with Crippen molar-refractivity contribution < 1.29 is 19.0 Å². The maximum absolute atomic E-state index is 13.6. The van der Waals surface area contributed by atoms with Crippen LogP contribution in [-0.2, 0) is 4.74 Å². The zero-order valence-electron chi connectivity index (χ0n) is 10.8. The molecule has 0 amide bonds. The van der Waals surface area contributed by atoms with E-state index in [2.05, 4.69) is 5.32 Å². The molecule has 0 fully saturated rings. The maximum Gasteiger partial charge on any atom is 0.167 e. The summed E-state index contributed by atoms with van der Waals surface area (Å²) in [6.07, 6.45) is -0.679. The number of aliphatic hydroxyl groups excluding tert-OH is 1. The Bertz CT molecular complexity index is 360. The Kier molecular flexibility index (Phi) is 6.64. The van der Waals surface area contributed by atoms with Gasteiger partial charge in [0, 0.05) is 20.2 Å². The molecule has 0 aliphatic heterocycles. The monoisotopic (exact) mass is 257 g/mol. The van der Waals surface area contributed by atoms with Crippen LogP contribution in [0.15, 0.2) is 18.2 Å². The molecule has 2 N–H and O–H groups in total. The zero-order chi connectivity index (χ0) is 13.4. The molecule has 102 valence electrons. The van der Waals surface area contributed by atoms with E-state index in [1.165, 1.54) is 0 Å². The first-order valence-electron chi connectivity index (χ1n) is 5.90. The van der Waals surface area contributed by atoms with Gasteiger partial charge in [-0.2, -0.15) is 0 Å². The molecule has 4 nitrogen and oxygen atoms in total. The summed E-state index contributed by atoms with van der Waals surface area (Å²) in [6, 6.07) is 4.94. The minimum Gasteiger partial charge on any atom is -0.488 e. The Hall–Kier alpha value is -1.17. The normalized spacial score (nSPS) is 12.4. The van der Waals surface area contributed by atoms with Crippen molar-refractivity contribution >= 4 is 0 Å². The highest BCUT2D eigenvalue weighted by Crippen LogP contribution is 2.19. The Morgan fingerprint density at radius 1 is 1.44 bits per heavy atom. The fourth-order valence-electron chi connectivity index (χ4n) is 1.42. The van der Waals surface area contributed by atoms with Crippen molar-refractivity contribution in [2.45, 2.75) is 13.0 Å². The molecule has 0 heterocycles. The predicted octanol–water partition coefficient (Wildman–Crippen LogP) is 1.11. The molecule has 1 rings (SSSR count). The second-order valence-corrected chi connectivity index (χ2v) is 4.05. The smallest absolute Gasteiger partial charge is 0.167 e. The van der Waals surface area contributed by atoms with Gasteiger partial charge >= 0.3 is 0 Å². The van der Waals surface area contributed by atoms with Gasteiger partial charge in [-0.3, -0.25) is 0 Å². The van der Waals surface area contributed by atoms with E-state index in [1.54, 1.807) is 32.2 Å². The van der Waals surface area contributed by atoms with Crippen LogP contribution in [0.1, 0.15) is 5.56 Å². The Balaban J connectivity index is 2.29. The minimum absolute atomic E-state index is 0.0559. The van der Waals surface area contributed by atoms with Crippen LogP contribution in [0.3, 0.4) is 0 Å². The van der Waals surface area contributed by atoms with Crippen molar-refractivity contribution in [2.75, 3.05) is 33.4 Å². The van der Waals surface area contributed by atoms with Gasteiger partial charge in [0.2, 0.25) is 0 Å². The lowest BCUT2D eigenvalue weighted by atomic mass is 10.2. The molecule has 18 heavy (non-hydrogen) atoms. The summed E-state index contributed by atoms with van der Waals surface area (Å²) in [4.78, 5) is 0. The summed E-state index contributed by atoms with van der Waals surface area (Å²) in [5.74, 6) is -0.206. The van der Waals surface area contributed by atoms with Crippen LogP contribution >= 0.6 is 0 Å². The minimum atomic E-state index is -0.679. The first-order valence-corrected chi connectivity index (χ1v) is 5.90. The van der Waals surface area contributed by atoms with E-state index >= 15 is 0 Å². The van der Waals surface area contributed by atoms with Crippen LogP contribution < -0.4 is 10.1 Å². The van der Waals surface area contributed by atoms with E-state index in [0.717, 1.165) is 0 Å². The quantitative estimate of drug-likeness (QED) is 0.685. The van der Waals surface area contributed by atoms with Gasteiger partial charge in [-0.05, 0) is 18.6 Å². The molecule has 1 unspecified atom stereocenters. The van der Waals surface area contributed by atoms with Crippen molar-refractivity contribution in [3.8, 4) is 5.75 Å². The summed E-state index contributed by atoms with van der Waals surface area (Å²) in [6.45, 7) is 3.36. The third kappa shape index (κ3) is 5.00. The van der Waals surface area contributed by atoms with Gasteiger partial charge in [-0.1, -0.05) is 12.1 Å². The van der Waals surface area contributed by atoms with Gasteiger partial charge in [0.1, 0.15) is 12.7 Å². The van der Waals surface area contributed by atoms with Gasteiger partial charge in [0.15, 0.2) is 11.6 Å². The van der Waals surface area contributed by atoms with E-state index in [4.69, 9.17) is 9.47 Å². The van der Waals surface area contributed by atoms with Gasteiger partial charge in [0.05, 0.1) is 6.61 Å². The van der Waals surface area contributed by atoms with Crippen LogP contribution in [0.4, 0.5) is 4.39 Å². The summed E-state index contributed by atoms with van der Waals surface area (Å²) in [5, 5.41) is 12.6. The molecule has 0 radical (unpaired) electrons. The Labute approximate surface area is 107 Å². The highest BCUT2D eigenvalue weighted by atomic mass is 19.1. The van der Waals surface area contributed by atoms with E-state index in [9.17, 15) is 9.50 Å². The lowest BCUT2D eigenvalue weighted by Crippen LogP contribution is -2.33. The number of aliphatic hydroxyl groups is 1. The van der Waals surface area contributed by atoms with E-state index in [1.807, 2.05) is 0 Å². The zero-order valence-corrected chi connectivity index (χ0v) is 10.8. The lowest BCUT2D eigenvalue weighted by Gasteiger charge is -2.14.